The van der Waals surface area contributed by atoms with Crippen LogP contribution >= 0.6 is 11.6 Å². The van der Waals surface area contributed by atoms with Crippen molar-refractivity contribution in [3.8, 4) is 0 Å². The van der Waals surface area contributed by atoms with Gasteiger partial charge < -0.3 is 5.73 Å². The largest absolute Gasteiger partial charge is 0.324 e. The third-order valence-corrected chi connectivity index (χ3v) is 3.34. The Morgan fingerprint density at radius 1 is 1.46 bits per heavy atom. The molecule has 0 aromatic heterocycles. The molecule has 2 heteroatoms. The smallest absolute Gasteiger partial charge is 0.0470 e. The van der Waals surface area contributed by atoms with E-state index in [1.807, 2.05) is 6.92 Å². The van der Waals surface area contributed by atoms with Crippen LogP contribution in [-0.2, 0) is 6.42 Å². The second-order valence-electron chi connectivity index (χ2n) is 3.76. The van der Waals surface area contributed by atoms with Gasteiger partial charge in [0.05, 0.1) is 0 Å². The molecular weight excluding hydrogens is 182 g/mol. The lowest BCUT2D eigenvalue weighted by Gasteiger charge is -2.23. The molecule has 0 spiro atoms. The van der Waals surface area contributed by atoms with Crippen LogP contribution in [0.5, 0.6) is 0 Å². The lowest BCUT2D eigenvalue weighted by molar-refractivity contribution is 0.570. The highest BCUT2D eigenvalue weighted by Gasteiger charge is 2.19. The minimum absolute atomic E-state index is 0.196. The number of benzene rings is 1. The average molecular weight is 196 g/mol. The van der Waals surface area contributed by atoms with Crippen LogP contribution in [-0.4, -0.2) is 0 Å². The molecule has 13 heavy (non-hydrogen) atoms. The van der Waals surface area contributed by atoms with E-state index >= 15 is 0 Å². The van der Waals surface area contributed by atoms with E-state index in [0.29, 0.717) is 0 Å². The van der Waals surface area contributed by atoms with Crippen LogP contribution in [0.2, 0.25) is 5.02 Å². The molecule has 70 valence electrons. The quantitative estimate of drug-likeness (QED) is 0.677. The van der Waals surface area contributed by atoms with E-state index in [2.05, 4.69) is 12.1 Å². The zero-order chi connectivity index (χ0) is 9.42. The molecule has 0 aliphatic heterocycles. The predicted octanol–water partition coefficient (Wildman–Crippen LogP) is 2.98. The second-order valence-corrected chi connectivity index (χ2v) is 4.14. The number of hydrogen-bond donors (Lipinski definition) is 1. The zero-order valence-corrected chi connectivity index (χ0v) is 8.56. The molecule has 0 amide bonds. The predicted molar refractivity (Wildman–Crippen MR) is 56.1 cm³/mol. The summed E-state index contributed by atoms with van der Waals surface area (Å²) >= 11 is 6.22. The monoisotopic (exact) mass is 195 g/mol. The van der Waals surface area contributed by atoms with E-state index in [1.165, 1.54) is 11.1 Å². The molecule has 0 saturated carbocycles. The second kappa shape index (κ2) is 3.32. The first kappa shape index (κ1) is 9.04. The Labute approximate surface area is 83.9 Å². The van der Waals surface area contributed by atoms with Crippen LogP contribution in [0.3, 0.4) is 0 Å². The highest BCUT2D eigenvalue weighted by molar-refractivity contribution is 6.32. The van der Waals surface area contributed by atoms with Gasteiger partial charge in [-0.1, -0.05) is 23.7 Å². The first-order valence-corrected chi connectivity index (χ1v) is 5.11. The van der Waals surface area contributed by atoms with Crippen molar-refractivity contribution >= 4 is 11.6 Å². The summed E-state index contributed by atoms with van der Waals surface area (Å²) in [6.45, 7) is 2.04. The first-order valence-electron chi connectivity index (χ1n) is 4.73. The van der Waals surface area contributed by atoms with Crippen molar-refractivity contribution in [3.63, 3.8) is 0 Å². The van der Waals surface area contributed by atoms with Gasteiger partial charge >= 0.3 is 0 Å². The van der Waals surface area contributed by atoms with Crippen molar-refractivity contribution in [1.82, 2.24) is 0 Å². The highest BCUT2D eigenvalue weighted by atomic mass is 35.5. The Hall–Kier alpha value is -0.530. The molecule has 1 aliphatic carbocycles. The van der Waals surface area contributed by atoms with Crippen LogP contribution < -0.4 is 5.73 Å². The maximum absolute atomic E-state index is 6.22. The van der Waals surface area contributed by atoms with Gasteiger partial charge in [-0.25, -0.2) is 0 Å². The van der Waals surface area contributed by atoms with Crippen molar-refractivity contribution in [2.24, 2.45) is 5.73 Å². The first-order chi connectivity index (χ1) is 6.20. The van der Waals surface area contributed by atoms with E-state index < -0.39 is 0 Å². The SMILES string of the molecule is Cc1ccc2c(c1Cl)CCC[C@H]2N. The molecule has 0 heterocycles. The lowest BCUT2D eigenvalue weighted by atomic mass is 9.87. The summed E-state index contributed by atoms with van der Waals surface area (Å²) in [4.78, 5) is 0. The van der Waals surface area contributed by atoms with E-state index in [1.54, 1.807) is 0 Å². The average Bonchev–Trinajstić information content (AvgIpc) is 2.12. The summed E-state index contributed by atoms with van der Waals surface area (Å²) in [6, 6.07) is 4.38. The minimum atomic E-state index is 0.196. The Kier molecular flexibility index (Phi) is 2.31. The van der Waals surface area contributed by atoms with Gasteiger partial charge in [0, 0.05) is 11.1 Å². The van der Waals surface area contributed by atoms with E-state index in [-0.39, 0.29) is 6.04 Å². The normalized spacial score (nSPS) is 21.3. The van der Waals surface area contributed by atoms with Gasteiger partial charge in [0.25, 0.3) is 0 Å². The molecule has 1 atom stereocenters. The van der Waals surface area contributed by atoms with Gasteiger partial charge in [-0.15, -0.1) is 0 Å². The summed E-state index contributed by atoms with van der Waals surface area (Å²) in [5.74, 6) is 0. The molecule has 1 aromatic rings. The number of fused-ring (bicyclic) bond motifs is 1. The highest BCUT2D eigenvalue weighted by Crippen LogP contribution is 2.34. The Morgan fingerprint density at radius 2 is 2.23 bits per heavy atom. The number of nitrogens with two attached hydrogens (primary N) is 1. The Balaban J connectivity index is 2.56. The topological polar surface area (TPSA) is 26.0 Å². The lowest BCUT2D eigenvalue weighted by Crippen LogP contribution is -2.17. The molecule has 1 aliphatic rings. The summed E-state index contributed by atoms with van der Waals surface area (Å²) in [6.07, 6.45) is 3.34. The van der Waals surface area contributed by atoms with Crippen LogP contribution in [0.1, 0.15) is 35.6 Å². The molecule has 0 bridgehead atoms. The molecule has 1 aromatic carbocycles. The molecule has 2 N–H and O–H groups in total. The van der Waals surface area contributed by atoms with Gasteiger partial charge in [0.2, 0.25) is 0 Å². The Morgan fingerprint density at radius 3 is 3.00 bits per heavy atom. The van der Waals surface area contributed by atoms with Crippen LogP contribution in [0.25, 0.3) is 0 Å². The maximum atomic E-state index is 6.22. The number of hydrogen-bond acceptors (Lipinski definition) is 1. The molecule has 0 fully saturated rings. The Bertz CT molecular complexity index is 333. The number of rotatable bonds is 0. The van der Waals surface area contributed by atoms with Gasteiger partial charge in [-0.05, 0) is 42.9 Å². The van der Waals surface area contributed by atoms with Crippen LogP contribution in [0, 0.1) is 6.92 Å². The van der Waals surface area contributed by atoms with Crippen LogP contribution in [0.15, 0.2) is 12.1 Å². The molecule has 0 radical (unpaired) electrons. The minimum Gasteiger partial charge on any atom is -0.324 e. The van der Waals surface area contributed by atoms with Gasteiger partial charge in [0.15, 0.2) is 0 Å². The molecule has 2 rings (SSSR count). The van der Waals surface area contributed by atoms with Crippen molar-refractivity contribution < 1.29 is 0 Å². The standard InChI is InChI=1S/C11H14ClN/c1-7-5-6-8-9(11(7)12)3-2-4-10(8)13/h5-6,10H,2-4,13H2,1H3/t10-/m1/s1. The van der Waals surface area contributed by atoms with Crippen molar-refractivity contribution in [1.29, 1.82) is 0 Å². The molecule has 0 saturated heterocycles. The van der Waals surface area contributed by atoms with Gasteiger partial charge in [-0.3, -0.25) is 0 Å². The zero-order valence-electron chi connectivity index (χ0n) is 7.81. The third kappa shape index (κ3) is 1.47. The number of halogens is 1. The van der Waals surface area contributed by atoms with Crippen LogP contribution in [0.4, 0.5) is 0 Å². The van der Waals surface area contributed by atoms with Gasteiger partial charge in [0.1, 0.15) is 0 Å². The maximum Gasteiger partial charge on any atom is 0.0470 e. The fourth-order valence-electron chi connectivity index (χ4n) is 2.01. The summed E-state index contributed by atoms with van der Waals surface area (Å²) < 4.78 is 0. The fourth-order valence-corrected chi connectivity index (χ4v) is 2.28. The summed E-state index contributed by atoms with van der Waals surface area (Å²) in [7, 11) is 0. The van der Waals surface area contributed by atoms with E-state index in [9.17, 15) is 0 Å². The van der Waals surface area contributed by atoms with Crippen molar-refractivity contribution in [2.75, 3.05) is 0 Å². The van der Waals surface area contributed by atoms with E-state index in [4.69, 9.17) is 17.3 Å². The fraction of sp³-hybridized carbons (Fsp3) is 0.455. The number of aryl methyl sites for hydroxylation is 1. The van der Waals surface area contributed by atoms with Crippen molar-refractivity contribution in [2.45, 2.75) is 32.2 Å². The van der Waals surface area contributed by atoms with E-state index in [0.717, 1.165) is 29.8 Å². The van der Waals surface area contributed by atoms with Crippen molar-refractivity contribution in [3.05, 3.63) is 33.8 Å². The third-order valence-electron chi connectivity index (χ3n) is 2.81. The molecular formula is C11H14ClN. The summed E-state index contributed by atoms with van der Waals surface area (Å²) in [5.41, 5.74) is 9.70. The molecule has 1 nitrogen and oxygen atoms in total. The summed E-state index contributed by atoms with van der Waals surface area (Å²) in [5, 5.41) is 0.924. The molecule has 0 unspecified atom stereocenters. The van der Waals surface area contributed by atoms with Gasteiger partial charge in [-0.2, -0.15) is 0 Å².